The Kier molecular flexibility index (Phi) is 6.38. The Morgan fingerprint density at radius 3 is 2.47 bits per heavy atom. The molecule has 8 heteroatoms. The molecule has 34 heavy (non-hydrogen) atoms. The van der Waals surface area contributed by atoms with Crippen molar-refractivity contribution in [3.8, 4) is 16.3 Å². The molecule has 0 bridgehead atoms. The van der Waals surface area contributed by atoms with Gasteiger partial charge in [-0.2, -0.15) is 0 Å². The summed E-state index contributed by atoms with van der Waals surface area (Å²) in [7, 11) is 0. The summed E-state index contributed by atoms with van der Waals surface area (Å²) in [5, 5.41) is 20.6. The number of fused-ring (bicyclic) bond motifs is 1. The third-order valence-corrected chi connectivity index (χ3v) is 7.90. The van der Waals surface area contributed by atoms with Gasteiger partial charge < -0.3 is 14.6 Å². The van der Waals surface area contributed by atoms with Gasteiger partial charge in [0.1, 0.15) is 5.01 Å². The SMILES string of the molecule is CCC(C)(C)C1Cn2cc(-c3nnc(Cc4ccc(C)cc4)s3)c(=O)c(O)c2C(=O)N1C(C)C. The first kappa shape index (κ1) is 24.1. The highest BCUT2D eigenvalue weighted by molar-refractivity contribution is 7.14. The highest BCUT2D eigenvalue weighted by atomic mass is 32.1. The molecule has 180 valence electrons. The molecule has 4 rings (SSSR count). The van der Waals surface area contributed by atoms with Gasteiger partial charge in [-0.15, -0.1) is 10.2 Å². The molecule has 7 nitrogen and oxygen atoms in total. The molecule has 1 N–H and O–H groups in total. The lowest BCUT2D eigenvalue weighted by Gasteiger charge is -2.47. The Hall–Kier alpha value is -3.00. The number of hydrogen-bond donors (Lipinski definition) is 1. The average molecular weight is 481 g/mol. The zero-order valence-corrected chi connectivity index (χ0v) is 21.4. The Morgan fingerprint density at radius 2 is 1.85 bits per heavy atom. The molecule has 1 aliphatic rings. The fraction of sp³-hybridized carbons (Fsp3) is 0.462. The van der Waals surface area contributed by atoms with Crippen molar-refractivity contribution in [1.29, 1.82) is 0 Å². The molecule has 3 heterocycles. The summed E-state index contributed by atoms with van der Waals surface area (Å²) >= 11 is 1.33. The molecular formula is C26H32N4O3S. The van der Waals surface area contributed by atoms with Crippen molar-refractivity contribution < 1.29 is 9.90 Å². The van der Waals surface area contributed by atoms with Gasteiger partial charge in [0, 0.05) is 25.2 Å². The number of aromatic nitrogens is 3. The van der Waals surface area contributed by atoms with Gasteiger partial charge in [0.25, 0.3) is 5.91 Å². The molecule has 1 atom stereocenters. The minimum Gasteiger partial charge on any atom is -0.503 e. The van der Waals surface area contributed by atoms with Crippen molar-refractivity contribution in [3.63, 3.8) is 0 Å². The zero-order chi connectivity index (χ0) is 24.8. The number of benzene rings is 1. The van der Waals surface area contributed by atoms with Crippen molar-refractivity contribution in [2.75, 3.05) is 0 Å². The maximum absolute atomic E-state index is 13.5. The van der Waals surface area contributed by atoms with Crippen LogP contribution in [0.2, 0.25) is 0 Å². The number of pyridine rings is 1. The van der Waals surface area contributed by atoms with Gasteiger partial charge in [0.15, 0.2) is 16.5 Å². The first-order chi connectivity index (χ1) is 16.0. The van der Waals surface area contributed by atoms with Gasteiger partial charge in [-0.05, 0) is 38.2 Å². The Bertz CT molecular complexity index is 1270. The van der Waals surface area contributed by atoms with Crippen LogP contribution in [0.15, 0.2) is 35.3 Å². The number of rotatable bonds is 6. The molecule has 1 unspecified atom stereocenters. The predicted octanol–water partition coefficient (Wildman–Crippen LogP) is 4.64. The molecular weight excluding hydrogens is 448 g/mol. The van der Waals surface area contributed by atoms with Crippen molar-refractivity contribution in [2.45, 2.75) is 73.0 Å². The second kappa shape index (κ2) is 8.98. The van der Waals surface area contributed by atoms with Gasteiger partial charge in [0.05, 0.1) is 11.6 Å². The first-order valence-corrected chi connectivity index (χ1v) is 12.5. The minimum atomic E-state index is -0.588. The lowest BCUT2D eigenvalue weighted by atomic mass is 9.79. The van der Waals surface area contributed by atoms with E-state index >= 15 is 0 Å². The fourth-order valence-corrected chi connectivity index (χ4v) is 5.36. The van der Waals surface area contributed by atoms with E-state index in [1.807, 2.05) is 25.7 Å². The number of carbonyl (C=O) groups is 1. The predicted molar refractivity (Wildman–Crippen MR) is 134 cm³/mol. The second-order valence-electron chi connectivity index (χ2n) is 10.0. The molecule has 1 amide bonds. The van der Waals surface area contributed by atoms with E-state index in [0.29, 0.717) is 18.0 Å². The highest BCUT2D eigenvalue weighted by Gasteiger charge is 2.43. The van der Waals surface area contributed by atoms with Crippen LogP contribution in [0.4, 0.5) is 0 Å². The minimum absolute atomic E-state index is 0.0509. The molecule has 0 aliphatic carbocycles. The molecule has 1 aromatic carbocycles. The average Bonchev–Trinajstić information content (AvgIpc) is 3.25. The van der Waals surface area contributed by atoms with Crippen LogP contribution in [0.1, 0.15) is 67.7 Å². The van der Waals surface area contributed by atoms with E-state index in [2.05, 4.69) is 55.2 Å². The number of carbonyl (C=O) groups excluding carboxylic acids is 1. The van der Waals surface area contributed by atoms with Gasteiger partial charge in [0.2, 0.25) is 5.43 Å². The van der Waals surface area contributed by atoms with E-state index in [4.69, 9.17) is 0 Å². The van der Waals surface area contributed by atoms with E-state index in [1.165, 1.54) is 16.9 Å². The van der Waals surface area contributed by atoms with Crippen LogP contribution in [-0.4, -0.2) is 42.8 Å². The number of amides is 1. The van der Waals surface area contributed by atoms with Gasteiger partial charge in [-0.25, -0.2) is 0 Å². The normalized spacial score (nSPS) is 16.3. The standard InChI is InChI=1S/C26H32N4O3S/c1-7-26(5,6)19-14-29-13-18(22(31)23(32)21(29)25(33)30(19)15(2)3)24-28-27-20(34-24)12-17-10-8-16(4)9-11-17/h8-11,13,15,19,32H,7,12,14H2,1-6H3. The molecule has 0 fully saturated rings. The van der Waals surface area contributed by atoms with Crippen molar-refractivity contribution in [2.24, 2.45) is 5.41 Å². The van der Waals surface area contributed by atoms with Crippen LogP contribution >= 0.6 is 11.3 Å². The number of nitrogens with zero attached hydrogens (tertiary/aromatic N) is 4. The lowest BCUT2D eigenvalue weighted by Crippen LogP contribution is -2.57. The summed E-state index contributed by atoms with van der Waals surface area (Å²) in [6.45, 7) is 12.9. The molecule has 1 aliphatic heterocycles. The quantitative estimate of drug-likeness (QED) is 0.555. The maximum atomic E-state index is 13.5. The van der Waals surface area contributed by atoms with Crippen molar-refractivity contribution >= 4 is 17.2 Å². The first-order valence-electron chi connectivity index (χ1n) is 11.7. The molecule has 0 spiro atoms. The molecule has 2 aromatic heterocycles. The molecule has 3 aromatic rings. The van der Waals surface area contributed by atoms with Crippen LogP contribution in [0.5, 0.6) is 5.75 Å². The third kappa shape index (κ3) is 4.27. The van der Waals surface area contributed by atoms with E-state index in [1.54, 1.807) is 10.8 Å². The lowest BCUT2D eigenvalue weighted by molar-refractivity contribution is 0.0209. The largest absolute Gasteiger partial charge is 0.503 e. The summed E-state index contributed by atoms with van der Waals surface area (Å²) in [6, 6.07) is 8.08. The van der Waals surface area contributed by atoms with Gasteiger partial charge in [-0.3, -0.25) is 9.59 Å². The Labute approximate surface area is 204 Å². The van der Waals surface area contributed by atoms with Crippen LogP contribution in [0.25, 0.3) is 10.6 Å². The topological polar surface area (TPSA) is 88.3 Å². The van der Waals surface area contributed by atoms with Gasteiger partial charge in [-0.1, -0.05) is 61.9 Å². The summed E-state index contributed by atoms with van der Waals surface area (Å²) < 4.78 is 1.73. The summed E-state index contributed by atoms with van der Waals surface area (Å²) in [4.78, 5) is 28.4. The Morgan fingerprint density at radius 1 is 1.18 bits per heavy atom. The number of aromatic hydroxyl groups is 1. The van der Waals surface area contributed by atoms with Crippen molar-refractivity contribution in [1.82, 2.24) is 19.7 Å². The molecule has 0 radical (unpaired) electrons. The van der Waals surface area contributed by atoms with Crippen LogP contribution in [-0.2, 0) is 13.0 Å². The van der Waals surface area contributed by atoms with E-state index in [-0.39, 0.29) is 34.7 Å². The Balaban J connectivity index is 1.74. The summed E-state index contributed by atoms with van der Waals surface area (Å²) in [5.74, 6) is -0.831. The number of hydrogen-bond acceptors (Lipinski definition) is 6. The smallest absolute Gasteiger partial charge is 0.275 e. The molecule has 0 saturated carbocycles. The highest BCUT2D eigenvalue weighted by Crippen LogP contribution is 2.37. The van der Waals surface area contributed by atoms with E-state index in [0.717, 1.165) is 17.0 Å². The third-order valence-electron chi connectivity index (χ3n) is 6.94. The van der Waals surface area contributed by atoms with Crippen LogP contribution in [0.3, 0.4) is 0 Å². The van der Waals surface area contributed by atoms with E-state index in [9.17, 15) is 14.7 Å². The second-order valence-corrected chi connectivity index (χ2v) is 11.1. The monoisotopic (exact) mass is 480 g/mol. The summed E-state index contributed by atoms with van der Waals surface area (Å²) in [6.07, 6.45) is 3.17. The van der Waals surface area contributed by atoms with E-state index < -0.39 is 11.2 Å². The number of aryl methyl sites for hydroxylation is 1. The summed E-state index contributed by atoms with van der Waals surface area (Å²) in [5.41, 5.74) is 1.90. The van der Waals surface area contributed by atoms with Crippen LogP contribution in [0, 0.1) is 12.3 Å². The van der Waals surface area contributed by atoms with Crippen LogP contribution < -0.4 is 5.43 Å². The van der Waals surface area contributed by atoms with Crippen molar-refractivity contribution in [3.05, 3.63) is 62.5 Å². The fourth-order valence-electron chi connectivity index (χ4n) is 4.48. The zero-order valence-electron chi connectivity index (χ0n) is 20.6. The molecule has 0 saturated heterocycles. The maximum Gasteiger partial charge on any atom is 0.275 e. The van der Waals surface area contributed by atoms with Gasteiger partial charge >= 0.3 is 0 Å².